The van der Waals surface area contributed by atoms with Crippen LogP contribution in [0.5, 0.6) is 0 Å². The number of anilines is 1. The van der Waals surface area contributed by atoms with E-state index in [1.54, 1.807) is 0 Å². The van der Waals surface area contributed by atoms with Crippen LogP contribution in [-0.2, 0) is 16.1 Å². The van der Waals surface area contributed by atoms with E-state index in [2.05, 4.69) is 16.3 Å². The SMILES string of the molecule is NCCCC(=O)Nc1cccc(CN2CCC(C(N)=O)CC2)c1. The van der Waals surface area contributed by atoms with Crippen LogP contribution in [0.4, 0.5) is 5.69 Å². The molecule has 0 aromatic heterocycles. The number of benzene rings is 1. The average molecular weight is 318 g/mol. The fourth-order valence-electron chi connectivity index (χ4n) is 2.87. The molecule has 1 aromatic carbocycles. The van der Waals surface area contributed by atoms with Gasteiger partial charge >= 0.3 is 0 Å². The standard InChI is InChI=1S/C17H26N4O2/c18-8-2-5-16(22)20-15-4-1-3-13(11-15)12-21-9-6-14(7-10-21)17(19)23/h1,3-4,11,14H,2,5-10,12,18H2,(H2,19,23)(H,20,22). The summed E-state index contributed by atoms with van der Waals surface area (Å²) in [5, 5.41) is 2.90. The zero-order valence-electron chi connectivity index (χ0n) is 13.5. The number of primary amides is 1. The average Bonchev–Trinajstić information content (AvgIpc) is 2.54. The van der Waals surface area contributed by atoms with Crippen LogP contribution in [0.1, 0.15) is 31.2 Å². The van der Waals surface area contributed by atoms with Crippen molar-refractivity contribution in [2.45, 2.75) is 32.2 Å². The van der Waals surface area contributed by atoms with Crippen LogP contribution in [0.3, 0.4) is 0 Å². The van der Waals surface area contributed by atoms with E-state index in [0.717, 1.165) is 43.7 Å². The highest BCUT2D eigenvalue weighted by Gasteiger charge is 2.22. The lowest BCUT2D eigenvalue weighted by atomic mass is 9.96. The van der Waals surface area contributed by atoms with E-state index in [1.807, 2.05) is 18.2 Å². The molecule has 0 atom stereocenters. The summed E-state index contributed by atoms with van der Waals surface area (Å²) in [5.74, 6) is -0.180. The van der Waals surface area contributed by atoms with E-state index in [-0.39, 0.29) is 17.7 Å². The molecule has 1 aromatic rings. The predicted molar refractivity (Wildman–Crippen MR) is 90.6 cm³/mol. The van der Waals surface area contributed by atoms with Gasteiger partial charge in [0.1, 0.15) is 0 Å². The summed E-state index contributed by atoms with van der Waals surface area (Å²) in [5.41, 5.74) is 12.7. The van der Waals surface area contributed by atoms with Crippen molar-refractivity contribution < 1.29 is 9.59 Å². The van der Waals surface area contributed by atoms with Crippen LogP contribution < -0.4 is 16.8 Å². The van der Waals surface area contributed by atoms with Gasteiger partial charge in [-0.3, -0.25) is 14.5 Å². The summed E-state index contributed by atoms with van der Waals surface area (Å²) in [6, 6.07) is 7.89. The summed E-state index contributed by atoms with van der Waals surface area (Å²) in [6.07, 6.45) is 2.79. The van der Waals surface area contributed by atoms with Gasteiger partial charge in [0.25, 0.3) is 0 Å². The molecule has 2 rings (SSSR count). The van der Waals surface area contributed by atoms with Crippen molar-refractivity contribution in [2.24, 2.45) is 17.4 Å². The third-order valence-corrected chi connectivity index (χ3v) is 4.21. The normalized spacial score (nSPS) is 16.2. The topological polar surface area (TPSA) is 101 Å². The Balaban J connectivity index is 1.85. The van der Waals surface area contributed by atoms with E-state index < -0.39 is 0 Å². The smallest absolute Gasteiger partial charge is 0.224 e. The van der Waals surface area contributed by atoms with Crippen molar-refractivity contribution in [3.8, 4) is 0 Å². The highest BCUT2D eigenvalue weighted by atomic mass is 16.2. The number of carbonyl (C=O) groups excluding carboxylic acids is 2. The number of piperidine rings is 1. The Morgan fingerprint density at radius 1 is 1.26 bits per heavy atom. The first-order valence-electron chi connectivity index (χ1n) is 8.19. The number of nitrogens with zero attached hydrogens (tertiary/aromatic N) is 1. The molecule has 0 spiro atoms. The lowest BCUT2D eigenvalue weighted by Gasteiger charge is -2.30. The first kappa shape index (κ1) is 17.4. The van der Waals surface area contributed by atoms with Gasteiger partial charge < -0.3 is 16.8 Å². The van der Waals surface area contributed by atoms with Crippen LogP contribution in [0.2, 0.25) is 0 Å². The van der Waals surface area contributed by atoms with Gasteiger partial charge in [-0.25, -0.2) is 0 Å². The molecule has 5 N–H and O–H groups in total. The van der Waals surface area contributed by atoms with Gasteiger partial charge in [0.15, 0.2) is 0 Å². The molecular formula is C17H26N4O2. The van der Waals surface area contributed by atoms with Crippen molar-refractivity contribution >= 4 is 17.5 Å². The van der Waals surface area contributed by atoms with Gasteiger partial charge in [-0.15, -0.1) is 0 Å². The second kappa shape index (κ2) is 8.64. The van der Waals surface area contributed by atoms with Crippen molar-refractivity contribution in [3.63, 3.8) is 0 Å². The molecule has 6 nitrogen and oxygen atoms in total. The van der Waals surface area contributed by atoms with Crippen LogP contribution >= 0.6 is 0 Å². The zero-order valence-corrected chi connectivity index (χ0v) is 13.5. The summed E-state index contributed by atoms with van der Waals surface area (Å²) in [7, 11) is 0. The molecule has 126 valence electrons. The number of hydrogen-bond donors (Lipinski definition) is 3. The van der Waals surface area contributed by atoms with Crippen LogP contribution in [0, 0.1) is 5.92 Å². The monoisotopic (exact) mass is 318 g/mol. The first-order chi connectivity index (χ1) is 11.1. The maximum absolute atomic E-state index is 11.8. The molecule has 1 aliphatic rings. The summed E-state index contributed by atoms with van der Waals surface area (Å²) >= 11 is 0. The molecule has 6 heteroatoms. The molecule has 0 saturated carbocycles. The second-order valence-corrected chi connectivity index (χ2v) is 6.09. The lowest BCUT2D eigenvalue weighted by molar-refractivity contribution is -0.123. The number of likely N-dealkylation sites (tertiary alicyclic amines) is 1. The maximum atomic E-state index is 11.8. The van der Waals surface area contributed by atoms with E-state index in [4.69, 9.17) is 11.5 Å². The minimum Gasteiger partial charge on any atom is -0.369 e. The number of hydrogen-bond acceptors (Lipinski definition) is 4. The Hall–Kier alpha value is -1.92. The Bertz CT molecular complexity index is 539. The molecule has 1 saturated heterocycles. The Morgan fingerprint density at radius 2 is 2.00 bits per heavy atom. The van der Waals surface area contributed by atoms with E-state index >= 15 is 0 Å². The first-order valence-corrected chi connectivity index (χ1v) is 8.19. The minimum absolute atomic E-state index is 0.00475. The fraction of sp³-hybridized carbons (Fsp3) is 0.529. The Kier molecular flexibility index (Phi) is 6.55. The van der Waals surface area contributed by atoms with Gasteiger partial charge in [0, 0.05) is 24.6 Å². The fourth-order valence-corrected chi connectivity index (χ4v) is 2.87. The van der Waals surface area contributed by atoms with Crippen LogP contribution in [-0.4, -0.2) is 36.3 Å². The maximum Gasteiger partial charge on any atom is 0.224 e. The van der Waals surface area contributed by atoms with Crippen molar-refractivity contribution in [3.05, 3.63) is 29.8 Å². The molecule has 0 unspecified atom stereocenters. The Labute approximate surface area is 137 Å². The third kappa shape index (κ3) is 5.65. The highest BCUT2D eigenvalue weighted by Crippen LogP contribution is 2.20. The summed E-state index contributed by atoms with van der Waals surface area (Å²) < 4.78 is 0. The second-order valence-electron chi connectivity index (χ2n) is 6.09. The van der Waals surface area contributed by atoms with E-state index in [1.165, 1.54) is 0 Å². The van der Waals surface area contributed by atoms with E-state index in [9.17, 15) is 9.59 Å². The number of nitrogens with one attached hydrogen (secondary N) is 1. The Morgan fingerprint density at radius 3 is 2.65 bits per heavy atom. The minimum atomic E-state index is -0.188. The highest BCUT2D eigenvalue weighted by molar-refractivity contribution is 5.90. The molecule has 0 radical (unpaired) electrons. The number of nitrogens with two attached hydrogens (primary N) is 2. The van der Waals surface area contributed by atoms with Gasteiger partial charge in [-0.05, 0) is 56.6 Å². The molecule has 1 heterocycles. The molecular weight excluding hydrogens is 292 g/mol. The number of carbonyl (C=O) groups is 2. The number of rotatable bonds is 7. The molecule has 0 aliphatic carbocycles. The quantitative estimate of drug-likeness (QED) is 0.699. The summed E-state index contributed by atoms with van der Waals surface area (Å²) in [4.78, 5) is 25.3. The number of amides is 2. The van der Waals surface area contributed by atoms with Gasteiger partial charge in [-0.2, -0.15) is 0 Å². The summed E-state index contributed by atoms with van der Waals surface area (Å²) in [6.45, 7) is 3.09. The molecule has 23 heavy (non-hydrogen) atoms. The van der Waals surface area contributed by atoms with Crippen molar-refractivity contribution in [1.82, 2.24) is 4.90 Å². The van der Waals surface area contributed by atoms with Crippen molar-refractivity contribution in [2.75, 3.05) is 25.0 Å². The molecule has 1 aliphatic heterocycles. The lowest BCUT2D eigenvalue weighted by Crippen LogP contribution is -2.38. The largest absolute Gasteiger partial charge is 0.369 e. The zero-order chi connectivity index (χ0) is 16.7. The van der Waals surface area contributed by atoms with Crippen LogP contribution in [0.15, 0.2) is 24.3 Å². The molecule has 2 amide bonds. The van der Waals surface area contributed by atoms with Crippen LogP contribution in [0.25, 0.3) is 0 Å². The third-order valence-electron chi connectivity index (χ3n) is 4.21. The molecule has 0 bridgehead atoms. The van der Waals surface area contributed by atoms with E-state index in [0.29, 0.717) is 19.4 Å². The van der Waals surface area contributed by atoms with Crippen molar-refractivity contribution in [1.29, 1.82) is 0 Å². The van der Waals surface area contributed by atoms with Gasteiger partial charge in [-0.1, -0.05) is 12.1 Å². The van der Waals surface area contributed by atoms with Gasteiger partial charge in [0.2, 0.25) is 11.8 Å². The molecule has 1 fully saturated rings. The predicted octanol–water partition coefficient (Wildman–Crippen LogP) is 1.06. The van der Waals surface area contributed by atoms with Gasteiger partial charge in [0.05, 0.1) is 0 Å².